The second-order valence-electron chi connectivity index (χ2n) is 9.25. The molecule has 0 radical (unpaired) electrons. The van der Waals surface area contributed by atoms with Gasteiger partial charge in [-0.2, -0.15) is 0 Å². The largest absolute Gasteiger partial charge is 0.503 e. The molecule has 3 aromatic carbocycles. The molecule has 1 unspecified atom stereocenters. The zero-order valence-electron chi connectivity index (χ0n) is 20.6. The van der Waals surface area contributed by atoms with Crippen LogP contribution in [-0.4, -0.2) is 41.7 Å². The summed E-state index contributed by atoms with van der Waals surface area (Å²) in [6.07, 6.45) is 2.82. The Morgan fingerprint density at radius 3 is 2.57 bits per heavy atom. The molecule has 190 valence electrons. The number of benzene rings is 3. The number of nitrogens with zero attached hydrogens (tertiary/aromatic N) is 1. The highest BCUT2D eigenvalue weighted by molar-refractivity contribution is 6.32. The van der Waals surface area contributed by atoms with Crippen molar-refractivity contribution in [3.05, 3.63) is 76.9 Å². The smallest absolute Gasteiger partial charge is 0.176 e. The Morgan fingerprint density at radius 1 is 1.14 bits per heavy atom. The number of rotatable bonds is 9. The summed E-state index contributed by atoms with van der Waals surface area (Å²) in [7, 11) is 3.27. The number of methoxy groups -OCH3 is 1. The van der Waals surface area contributed by atoms with Gasteiger partial charge in [-0.05, 0) is 73.0 Å². The zero-order chi connectivity index (χ0) is 26.1. The van der Waals surface area contributed by atoms with Gasteiger partial charge >= 0.3 is 0 Å². The highest BCUT2D eigenvalue weighted by atomic mass is 35.5. The lowest BCUT2D eigenvalue weighted by atomic mass is 9.98. The molecule has 1 aromatic heterocycles. The number of phenolic OH excluding ortho intramolecular Hbond substituents is 1. The van der Waals surface area contributed by atoms with Gasteiger partial charge in [0.05, 0.1) is 35.0 Å². The molecule has 4 aromatic rings. The maximum absolute atomic E-state index is 13.2. The summed E-state index contributed by atoms with van der Waals surface area (Å²) >= 11 is 6.25. The van der Waals surface area contributed by atoms with Crippen molar-refractivity contribution < 1.29 is 19.7 Å². The number of likely N-dealkylation sites (N-methyl/N-ethyl adjacent to an activating group) is 1. The fraction of sp³-hybridized carbons (Fsp3) is 0.241. The van der Waals surface area contributed by atoms with Crippen LogP contribution in [0.3, 0.4) is 0 Å². The number of aliphatic hydroxyl groups is 1. The van der Waals surface area contributed by atoms with Gasteiger partial charge in [0.2, 0.25) is 0 Å². The number of ether oxygens (including phenoxy) is 1. The Hall–Kier alpha value is -3.65. The third-order valence-corrected chi connectivity index (χ3v) is 6.91. The number of anilines is 2. The van der Waals surface area contributed by atoms with Crippen LogP contribution in [-0.2, 0) is 0 Å². The average Bonchev–Trinajstić information content (AvgIpc) is 3.76. The number of hydrogen-bond donors (Lipinski definition) is 4. The van der Waals surface area contributed by atoms with Crippen LogP contribution in [0, 0.1) is 5.92 Å². The van der Waals surface area contributed by atoms with Crippen molar-refractivity contribution in [3.8, 4) is 22.6 Å². The summed E-state index contributed by atoms with van der Waals surface area (Å²) in [5.74, 6) is 0.274. The molecular weight excluding hydrogens is 490 g/mol. The summed E-state index contributed by atoms with van der Waals surface area (Å²) in [6.45, 7) is 0.455. The number of phenols is 1. The standard InChI is InChI=1S/C29H28ClN3O4/c1-31-15-25(34)16-5-8-20(9-6-16)33-27-21-11-18(19-12-23(30)29(36)26(13-19)37-2)7-10-24(21)32-14-22(27)28(35)17-3-4-17/h5-14,17,25,31,34,36H,3-4,15H2,1-2H3,(H,32,33). The van der Waals surface area contributed by atoms with E-state index in [2.05, 4.69) is 15.6 Å². The fourth-order valence-electron chi connectivity index (χ4n) is 4.40. The molecule has 0 saturated heterocycles. The van der Waals surface area contributed by atoms with E-state index >= 15 is 0 Å². The summed E-state index contributed by atoms with van der Waals surface area (Å²) < 4.78 is 5.28. The lowest BCUT2D eigenvalue weighted by Gasteiger charge is -2.17. The van der Waals surface area contributed by atoms with E-state index in [-0.39, 0.29) is 28.2 Å². The molecule has 0 amide bonds. The Labute approximate surface area is 220 Å². The van der Waals surface area contributed by atoms with Gasteiger partial charge in [0.25, 0.3) is 0 Å². The van der Waals surface area contributed by atoms with Crippen molar-refractivity contribution in [1.82, 2.24) is 10.3 Å². The van der Waals surface area contributed by atoms with Crippen molar-refractivity contribution in [1.29, 1.82) is 0 Å². The normalized spacial score (nSPS) is 13.9. The number of hydrogen-bond acceptors (Lipinski definition) is 7. The predicted molar refractivity (Wildman–Crippen MR) is 146 cm³/mol. The molecule has 4 N–H and O–H groups in total. The minimum Gasteiger partial charge on any atom is -0.503 e. The second kappa shape index (κ2) is 10.4. The summed E-state index contributed by atoms with van der Waals surface area (Å²) in [5.41, 5.74) is 5.15. The van der Waals surface area contributed by atoms with E-state index in [0.29, 0.717) is 17.8 Å². The van der Waals surface area contributed by atoms with Crippen molar-refractivity contribution in [2.75, 3.05) is 26.0 Å². The van der Waals surface area contributed by atoms with Crippen LogP contribution in [0.15, 0.2) is 60.8 Å². The second-order valence-corrected chi connectivity index (χ2v) is 9.65. The SMILES string of the molecule is CNCC(O)c1ccc(Nc2c(C(=O)C3CC3)cnc3ccc(-c4cc(Cl)c(O)c(OC)c4)cc23)cc1. The lowest BCUT2D eigenvalue weighted by Crippen LogP contribution is -2.16. The van der Waals surface area contributed by atoms with Gasteiger partial charge in [-0.25, -0.2) is 0 Å². The lowest BCUT2D eigenvalue weighted by molar-refractivity contribution is 0.0968. The first-order chi connectivity index (χ1) is 17.9. The van der Waals surface area contributed by atoms with Gasteiger partial charge in [0.1, 0.15) is 0 Å². The number of aromatic nitrogens is 1. The highest BCUT2D eigenvalue weighted by Gasteiger charge is 2.32. The molecule has 5 rings (SSSR count). The number of aliphatic hydroxyl groups excluding tert-OH is 1. The van der Waals surface area contributed by atoms with Crippen LogP contribution in [0.25, 0.3) is 22.0 Å². The number of carbonyl (C=O) groups is 1. The first kappa shape index (κ1) is 25.0. The third kappa shape index (κ3) is 5.11. The number of halogens is 1. The fourth-order valence-corrected chi connectivity index (χ4v) is 4.61. The van der Waals surface area contributed by atoms with E-state index in [1.54, 1.807) is 25.4 Å². The van der Waals surface area contributed by atoms with E-state index in [0.717, 1.165) is 46.1 Å². The van der Waals surface area contributed by atoms with Crippen molar-refractivity contribution in [2.24, 2.45) is 5.92 Å². The van der Waals surface area contributed by atoms with Gasteiger partial charge in [-0.3, -0.25) is 9.78 Å². The van der Waals surface area contributed by atoms with Crippen LogP contribution in [0.2, 0.25) is 5.02 Å². The maximum atomic E-state index is 13.2. The molecule has 1 saturated carbocycles. The number of carbonyl (C=O) groups excluding carboxylic acids is 1. The first-order valence-electron chi connectivity index (χ1n) is 12.1. The van der Waals surface area contributed by atoms with Crippen molar-refractivity contribution >= 4 is 39.7 Å². The molecule has 37 heavy (non-hydrogen) atoms. The molecule has 8 heteroatoms. The van der Waals surface area contributed by atoms with E-state index < -0.39 is 6.10 Å². The number of pyridine rings is 1. The number of Topliss-reactive ketones (excluding diaryl/α,β-unsaturated/α-hetero) is 1. The van der Waals surface area contributed by atoms with Gasteiger partial charge in [-0.1, -0.05) is 29.8 Å². The maximum Gasteiger partial charge on any atom is 0.176 e. The van der Waals surface area contributed by atoms with Gasteiger partial charge in [0, 0.05) is 29.7 Å². The van der Waals surface area contributed by atoms with E-state index in [9.17, 15) is 15.0 Å². The van der Waals surface area contributed by atoms with Crippen LogP contribution in [0.5, 0.6) is 11.5 Å². The summed E-state index contributed by atoms with van der Waals surface area (Å²) in [5, 5.41) is 27.8. The van der Waals surface area contributed by atoms with Crippen molar-refractivity contribution in [3.63, 3.8) is 0 Å². The Balaban J connectivity index is 1.60. The number of nitrogens with one attached hydrogen (secondary N) is 2. The van der Waals surface area contributed by atoms with E-state index in [1.165, 1.54) is 7.11 Å². The predicted octanol–water partition coefficient (Wildman–Crippen LogP) is 5.86. The number of ketones is 1. The average molecular weight is 518 g/mol. The van der Waals surface area contributed by atoms with Crippen molar-refractivity contribution in [2.45, 2.75) is 18.9 Å². The van der Waals surface area contributed by atoms with Gasteiger partial charge in [-0.15, -0.1) is 0 Å². The topological polar surface area (TPSA) is 104 Å². The van der Waals surface area contributed by atoms with Gasteiger partial charge < -0.3 is 25.6 Å². The third-order valence-electron chi connectivity index (χ3n) is 6.63. The Morgan fingerprint density at radius 2 is 1.89 bits per heavy atom. The molecular formula is C29H28ClN3O4. The molecule has 0 bridgehead atoms. The van der Waals surface area contributed by atoms with E-state index in [1.807, 2.05) is 42.5 Å². The zero-order valence-corrected chi connectivity index (χ0v) is 21.3. The van der Waals surface area contributed by atoms with E-state index in [4.69, 9.17) is 16.3 Å². The monoisotopic (exact) mass is 517 g/mol. The molecule has 1 aliphatic carbocycles. The highest BCUT2D eigenvalue weighted by Crippen LogP contribution is 2.41. The minimum atomic E-state index is -0.607. The number of aromatic hydroxyl groups is 1. The summed E-state index contributed by atoms with van der Waals surface area (Å²) in [4.78, 5) is 17.8. The molecule has 0 aliphatic heterocycles. The molecule has 7 nitrogen and oxygen atoms in total. The molecule has 0 spiro atoms. The Kier molecular flexibility index (Phi) is 7.02. The van der Waals surface area contributed by atoms with Crippen LogP contribution >= 0.6 is 11.6 Å². The minimum absolute atomic E-state index is 0.0298. The van der Waals surface area contributed by atoms with Gasteiger partial charge in [0.15, 0.2) is 17.3 Å². The molecule has 1 heterocycles. The molecule has 1 atom stereocenters. The molecule has 1 aliphatic rings. The Bertz CT molecular complexity index is 1470. The summed E-state index contributed by atoms with van der Waals surface area (Å²) in [6, 6.07) is 16.7. The first-order valence-corrected chi connectivity index (χ1v) is 12.5. The quantitative estimate of drug-likeness (QED) is 0.206. The van der Waals surface area contributed by atoms with Crippen LogP contribution in [0.4, 0.5) is 11.4 Å². The van der Waals surface area contributed by atoms with Crippen LogP contribution < -0.4 is 15.4 Å². The molecule has 1 fully saturated rings. The van der Waals surface area contributed by atoms with Crippen LogP contribution in [0.1, 0.15) is 34.9 Å². The number of fused-ring (bicyclic) bond motifs is 1.